The third-order valence-electron chi connectivity index (χ3n) is 1.72. The molecule has 0 amide bonds. The van der Waals surface area contributed by atoms with E-state index in [0.717, 1.165) is 20.3 Å². The summed E-state index contributed by atoms with van der Waals surface area (Å²) < 4.78 is 1.86. The summed E-state index contributed by atoms with van der Waals surface area (Å²) in [7, 11) is 0. The van der Waals surface area contributed by atoms with Crippen molar-refractivity contribution in [3.05, 3.63) is 12.3 Å². The van der Waals surface area contributed by atoms with Crippen LogP contribution in [0.2, 0.25) is 0 Å². The molecule has 0 aliphatic heterocycles. The van der Waals surface area contributed by atoms with E-state index in [1.807, 2.05) is 19.2 Å². The van der Waals surface area contributed by atoms with Crippen LogP contribution in [0.25, 0.3) is 0 Å². The maximum atomic E-state index is 4.37. The van der Waals surface area contributed by atoms with E-state index in [0.29, 0.717) is 5.95 Å². The van der Waals surface area contributed by atoms with Crippen LogP contribution in [0.5, 0.6) is 0 Å². The number of hydrogen-bond donors (Lipinski definition) is 1. The van der Waals surface area contributed by atoms with E-state index >= 15 is 0 Å². The van der Waals surface area contributed by atoms with E-state index < -0.39 is 0 Å². The van der Waals surface area contributed by atoms with Crippen molar-refractivity contribution in [2.75, 3.05) is 18.1 Å². The first-order chi connectivity index (χ1) is 8.31. The predicted octanol–water partition coefficient (Wildman–Crippen LogP) is 2.63. The second kappa shape index (κ2) is 6.18. The van der Waals surface area contributed by atoms with Crippen molar-refractivity contribution in [3.8, 4) is 0 Å². The van der Waals surface area contributed by atoms with Crippen LogP contribution in [-0.2, 0) is 0 Å². The number of nitrogens with one attached hydrogen (secondary N) is 1. The Labute approximate surface area is 112 Å². The molecule has 17 heavy (non-hydrogen) atoms. The Hall–Kier alpha value is -0.860. The highest BCUT2D eigenvalue weighted by Crippen LogP contribution is 2.31. The van der Waals surface area contributed by atoms with Gasteiger partial charge >= 0.3 is 0 Å². The predicted molar refractivity (Wildman–Crippen MR) is 72.0 cm³/mol. The summed E-state index contributed by atoms with van der Waals surface area (Å²) in [6, 6.07) is 1.87. The van der Waals surface area contributed by atoms with Crippen molar-refractivity contribution in [2.45, 2.75) is 20.6 Å². The van der Waals surface area contributed by atoms with Gasteiger partial charge in [-0.3, -0.25) is 0 Å². The van der Waals surface area contributed by atoms with Crippen LogP contribution in [0, 0.1) is 0 Å². The highest BCUT2D eigenvalue weighted by molar-refractivity contribution is 8.02. The van der Waals surface area contributed by atoms with Crippen molar-refractivity contribution in [1.82, 2.24) is 20.2 Å². The van der Waals surface area contributed by atoms with Gasteiger partial charge in [0.25, 0.3) is 0 Å². The van der Waals surface area contributed by atoms with Crippen molar-refractivity contribution < 1.29 is 0 Å². The summed E-state index contributed by atoms with van der Waals surface area (Å²) in [4.78, 5) is 8.49. The molecular formula is C9H11N5S3. The van der Waals surface area contributed by atoms with Gasteiger partial charge in [-0.05, 0) is 31.0 Å². The fourth-order valence-corrected chi connectivity index (χ4v) is 3.40. The lowest BCUT2D eigenvalue weighted by atomic mass is 10.6. The molecule has 0 aromatic carbocycles. The van der Waals surface area contributed by atoms with Crippen LogP contribution in [0.15, 0.2) is 26.0 Å². The summed E-state index contributed by atoms with van der Waals surface area (Å²) >= 11 is 4.67. The monoisotopic (exact) mass is 285 g/mol. The normalized spacial score (nSPS) is 10.5. The topological polar surface area (TPSA) is 63.6 Å². The SMILES string of the molecule is CCNc1nccc(Sc2nnc(SC)s2)n1. The summed E-state index contributed by atoms with van der Waals surface area (Å²) in [5, 5.41) is 12.1. The van der Waals surface area contributed by atoms with Crippen molar-refractivity contribution in [3.63, 3.8) is 0 Å². The molecule has 1 N–H and O–H groups in total. The molecule has 0 bridgehead atoms. The fraction of sp³-hybridized carbons (Fsp3) is 0.333. The molecule has 0 saturated heterocycles. The Morgan fingerprint density at radius 2 is 2.18 bits per heavy atom. The molecule has 0 aliphatic carbocycles. The minimum absolute atomic E-state index is 0.645. The van der Waals surface area contributed by atoms with Crippen LogP contribution in [0.4, 0.5) is 5.95 Å². The highest BCUT2D eigenvalue weighted by Gasteiger charge is 2.06. The van der Waals surface area contributed by atoms with Crippen molar-refractivity contribution in [1.29, 1.82) is 0 Å². The van der Waals surface area contributed by atoms with Crippen molar-refractivity contribution in [2.24, 2.45) is 0 Å². The number of rotatable bonds is 5. The molecule has 2 aromatic rings. The first kappa shape index (κ1) is 12.6. The lowest BCUT2D eigenvalue weighted by Gasteiger charge is -2.01. The fourth-order valence-electron chi connectivity index (χ4n) is 1.05. The molecule has 2 aromatic heterocycles. The van der Waals surface area contributed by atoms with Crippen LogP contribution in [0.3, 0.4) is 0 Å². The van der Waals surface area contributed by atoms with Gasteiger partial charge < -0.3 is 5.32 Å². The Balaban J connectivity index is 2.09. The smallest absolute Gasteiger partial charge is 0.223 e. The molecule has 0 saturated carbocycles. The zero-order valence-electron chi connectivity index (χ0n) is 9.38. The van der Waals surface area contributed by atoms with E-state index in [1.165, 1.54) is 11.8 Å². The quantitative estimate of drug-likeness (QED) is 0.669. The number of aromatic nitrogens is 4. The van der Waals surface area contributed by atoms with Gasteiger partial charge in [0.05, 0.1) is 0 Å². The lowest BCUT2D eigenvalue weighted by Crippen LogP contribution is -2.01. The molecule has 0 spiro atoms. The summed E-state index contributed by atoms with van der Waals surface area (Å²) in [5.74, 6) is 0.645. The van der Waals surface area contributed by atoms with E-state index in [-0.39, 0.29) is 0 Å². The largest absolute Gasteiger partial charge is 0.354 e. The molecule has 2 rings (SSSR count). The van der Waals surface area contributed by atoms with Gasteiger partial charge in [0, 0.05) is 12.7 Å². The van der Waals surface area contributed by atoms with Gasteiger partial charge in [-0.25, -0.2) is 9.97 Å². The first-order valence-electron chi connectivity index (χ1n) is 4.94. The standard InChI is InChI=1S/C9H11N5S3/c1-3-10-7-11-5-4-6(12-7)16-9-14-13-8(15-2)17-9/h4-5H,3H2,1-2H3,(H,10,11,12). The van der Waals surface area contributed by atoms with Crippen LogP contribution < -0.4 is 5.32 Å². The Bertz CT molecular complexity index is 487. The van der Waals surface area contributed by atoms with E-state index in [1.54, 1.807) is 29.3 Å². The van der Waals surface area contributed by atoms with E-state index in [9.17, 15) is 0 Å². The second-order valence-electron chi connectivity index (χ2n) is 2.89. The molecule has 0 unspecified atom stereocenters. The molecule has 90 valence electrons. The minimum atomic E-state index is 0.645. The zero-order valence-corrected chi connectivity index (χ0v) is 11.8. The molecule has 0 fully saturated rings. The summed E-state index contributed by atoms with van der Waals surface area (Å²) in [6.45, 7) is 2.82. The van der Waals surface area contributed by atoms with Crippen LogP contribution >= 0.6 is 34.9 Å². The van der Waals surface area contributed by atoms with Crippen LogP contribution in [-0.4, -0.2) is 33.0 Å². The molecule has 0 atom stereocenters. The van der Waals surface area contributed by atoms with Gasteiger partial charge in [0.1, 0.15) is 5.03 Å². The summed E-state index contributed by atoms with van der Waals surface area (Å²) in [5.41, 5.74) is 0. The molecule has 2 heterocycles. The Morgan fingerprint density at radius 1 is 1.35 bits per heavy atom. The number of anilines is 1. The third kappa shape index (κ3) is 3.55. The van der Waals surface area contributed by atoms with Crippen LogP contribution in [0.1, 0.15) is 6.92 Å². The number of nitrogens with zero attached hydrogens (tertiary/aromatic N) is 4. The average Bonchev–Trinajstić information content (AvgIpc) is 2.78. The molecule has 5 nitrogen and oxygen atoms in total. The van der Waals surface area contributed by atoms with Gasteiger partial charge in [-0.2, -0.15) is 0 Å². The molecular weight excluding hydrogens is 274 g/mol. The first-order valence-corrected chi connectivity index (χ1v) is 7.80. The van der Waals surface area contributed by atoms with Gasteiger partial charge in [-0.15, -0.1) is 10.2 Å². The number of thioether (sulfide) groups is 1. The zero-order chi connectivity index (χ0) is 12.1. The van der Waals surface area contributed by atoms with E-state index in [2.05, 4.69) is 25.5 Å². The van der Waals surface area contributed by atoms with Gasteiger partial charge in [0.15, 0.2) is 8.68 Å². The Kier molecular flexibility index (Phi) is 4.57. The number of hydrogen-bond acceptors (Lipinski definition) is 8. The van der Waals surface area contributed by atoms with Crippen molar-refractivity contribution >= 4 is 40.8 Å². The maximum absolute atomic E-state index is 4.37. The van der Waals surface area contributed by atoms with Gasteiger partial charge in [0.2, 0.25) is 5.95 Å². The average molecular weight is 285 g/mol. The molecule has 8 heteroatoms. The maximum Gasteiger partial charge on any atom is 0.223 e. The Morgan fingerprint density at radius 3 is 2.88 bits per heavy atom. The molecule has 0 aliphatic rings. The van der Waals surface area contributed by atoms with Gasteiger partial charge in [-0.1, -0.05) is 23.1 Å². The van der Waals surface area contributed by atoms with E-state index in [4.69, 9.17) is 0 Å². The second-order valence-corrected chi connectivity index (χ2v) is 6.19. The molecule has 0 radical (unpaired) electrons. The summed E-state index contributed by atoms with van der Waals surface area (Å²) in [6.07, 6.45) is 3.73. The highest BCUT2D eigenvalue weighted by atomic mass is 32.2. The third-order valence-corrected chi connectivity index (χ3v) is 4.61. The lowest BCUT2D eigenvalue weighted by molar-refractivity contribution is 0.951. The minimum Gasteiger partial charge on any atom is -0.354 e.